The number of carboxylic acids is 1. The summed E-state index contributed by atoms with van der Waals surface area (Å²) >= 11 is 0. The van der Waals surface area contributed by atoms with Crippen LogP contribution < -0.4 is 10.2 Å². The molecule has 0 spiro atoms. The van der Waals surface area contributed by atoms with E-state index in [0.29, 0.717) is 23.7 Å². The van der Waals surface area contributed by atoms with Gasteiger partial charge in [0.15, 0.2) is 0 Å². The van der Waals surface area contributed by atoms with E-state index in [1.807, 2.05) is 31.2 Å². The van der Waals surface area contributed by atoms with E-state index < -0.39 is 5.97 Å². The van der Waals surface area contributed by atoms with Crippen LogP contribution in [0.3, 0.4) is 0 Å². The summed E-state index contributed by atoms with van der Waals surface area (Å²) in [5.41, 5.74) is 2.43. The number of nitrogens with one attached hydrogen (secondary N) is 1. The Morgan fingerprint density at radius 1 is 1.25 bits per heavy atom. The minimum absolute atomic E-state index is 0.129. The van der Waals surface area contributed by atoms with Crippen molar-refractivity contribution in [2.24, 2.45) is 0 Å². The normalized spacial score (nSPS) is 20.9. The standard InChI is InChI=1S/C18H22N4O2/c1-11-6-4-5-7-14(11)16-15(17(23)24)8-19-18(21-16)22-9-12(2)20-13(3)10-22/h4-8,12-13,20H,9-10H2,1-3H3,(H,23,24)/t12-,13+. The summed E-state index contributed by atoms with van der Waals surface area (Å²) in [6.07, 6.45) is 1.42. The molecule has 2 heterocycles. The van der Waals surface area contributed by atoms with Crippen molar-refractivity contribution in [1.82, 2.24) is 15.3 Å². The first kappa shape index (κ1) is 16.4. The van der Waals surface area contributed by atoms with Crippen molar-refractivity contribution in [1.29, 1.82) is 0 Å². The summed E-state index contributed by atoms with van der Waals surface area (Å²) in [5.74, 6) is -0.430. The molecule has 1 aliphatic heterocycles. The van der Waals surface area contributed by atoms with E-state index in [4.69, 9.17) is 0 Å². The predicted molar refractivity (Wildman–Crippen MR) is 93.4 cm³/mol. The Morgan fingerprint density at radius 2 is 1.92 bits per heavy atom. The summed E-state index contributed by atoms with van der Waals surface area (Å²) in [6, 6.07) is 8.34. The number of anilines is 1. The van der Waals surface area contributed by atoms with Crippen LogP contribution in [-0.2, 0) is 0 Å². The Hall–Kier alpha value is -2.47. The highest BCUT2D eigenvalue weighted by atomic mass is 16.4. The predicted octanol–water partition coefficient (Wildman–Crippen LogP) is 2.34. The topological polar surface area (TPSA) is 78.4 Å². The van der Waals surface area contributed by atoms with E-state index in [-0.39, 0.29) is 5.56 Å². The molecule has 1 aliphatic rings. The molecule has 0 aliphatic carbocycles. The quantitative estimate of drug-likeness (QED) is 0.901. The van der Waals surface area contributed by atoms with Gasteiger partial charge in [0.2, 0.25) is 5.95 Å². The Morgan fingerprint density at radius 3 is 2.54 bits per heavy atom. The van der Waals surface area contributed by atoms with Crippen molar-refractivity contribution in [3.63, 3.8) is 0 Å². The molecule has 2 aromatic rings. The second-order valence-electron chi connectivity index (χ2n) is 6.43. The molecule has 1 fully saturated rings. The van der Waals surface area contributed by atoms with Gasteiger partial charge in [0.05, 0.1) is 5.69 Å². The lowest BCUT2D eigenvalue weighted by molar-refractivity contribution is 0.0697. The van der Waals surface area contributed by atoms with Crippen LogP contribution in [-0.4, -0.2) is 46.2 Å². The van der Waals surface area contributed by atoms with Crippen molar-refractivity contribution < 1.29 is 9.90 Å². The van der Waals surface area contributed by atoms with Gasteiger partial charge in [-0.3, -0.25) is 0 Å². The van der Waals surface area contributed by atoms with Gasteiger partial charge < -0.3 is 15.3 Å². The van der Waals surface area contributed by atoms with Crippen LogP contribution in [0.1, 0.15) is 29.8 Å². The van der Waals surface area contributed by atoms with Crippen LogP contribution in [0.5, 0.6) is 0 Å². The first-order valence-electron chi connectivity index (χ1n) is 8.13. The second-order valence-corrected chi connectivity index (χ2v) is 6.43. The molecule has 1 aromatic heterocycles. The molecule has 24 heavy (non-hydrogen) atoms. The molecule has 2 N–H and O–H groups in total. The maximum atomic E-state index is 11.6. The van der Waals surface area contributed by atoms with E-state index in [1.54, 1.807) is 0 Å². The van der Waals surface area contributed by atoms with Crippen molar-refractivity contribution in [3.8, 4) is 11.3 Å². The number of aromatic nitrogens is 2. The minimum atomic E-state index is -1.01. The van der Waals surface area contributed by atoms with Gasteiger partial charge in [-0.25, -0.2) is 14.8 Å². The molecule has 3 rings (SSSR count). The third-order valence-corrected chi connectivity index (χ3v) is 4.25. The molecule has 0 bridgehead atoms. The summed E-state index contributed by atoms with van der Waals surface area (Å²) < 4.78 is 0. The number of aryl methyl sites for hydroxylation is 1. The third kappa shape index (κ3) is 3.23. The lowest BCUT2D eigenvalue weighted by Gasteiger charge is -2.36. The lowest BCUT2D eigenvalue weighted by Crippen LogP contribution is -2.54. The third-order valence-electron chi connectivity index (χ3n) is 4.25. The molecular formula is C18H22N4O2. The summed E-state index contributed by atoms with van der Waals surface area (Å²) in [7, 11) is 0. The molecular weight excluding hydrogens is 304 g/mol. The van der Waals surface area contributed by atoms with Crippen LogP contribution in [0.2, 0.25) is 0 Å². The second kappa shape index (κ2) is 6.57. The lowest BCUT2D eigenvalue weighted by atomic mass is 10.0. The summed E-state index contributed by atoms with van der Waals surface area (Å²) in [5, 5.41) is 13.0. The van der Waals surface area contributed by atoms with Gasteiger partial charge in [-0.05, 0) is 26.3 Å². The van der Waals surface area contributed by atoms with Crippen LogP contribution in [0.25, 0.3) is 11.3 Å². The number of carbonyl (C=O) groups is 1. The van der Waals surface area contributed by atoms with E-state index >= 15 is 0 Å². The Labute approximate surface area is 141 Å². The fraction of sp³-hybridized carbons (Fsp3) is 0.389. The summed E-state index contributed by atoms with van der Waals surface area (Å²) in [6.45, 7) is 7.79. The van der Waals surface area contributed by atoms with Crippen molar-refractivity contribution >= 4 is 11.9 Å². The highest BCUT2D eigenvalue weighted by molar-refractivity contribution is 5.95. The molecule has 6 nitrogen and oxygen atoms in total. The number of hydrogen-bond donors (Lipinski definition) is 2. The van der Waals surface area contributed by atoms with Crippen molar-refractivity contribution in [3.05, 3.63) is 41.6 Å². The highest BCUT2D eigenvalue weighted by Crippen LogP contribution is 2.27. The van der Waals surface area contributed by atoms with E-state index in [1.165, 1.54) is 6.20 Å². The number of nitrogens with zero attached hydrogens (tertiary/aromatic N) is 3. The largest absolute Gasteiger partial charge is 0.478 e. The van der Waals surface area contributed by atoms with Crippen LogP contribution in [0, 0.1) is 6.92 Å². The number of aromatic carboxylic acids is 1. The molecule has 1 saturated heterocycles. The molecule has 2 atom stereocenters. The first-order chi connectivity index (χ1) is 11.5. The van der Waals surface area contributed by atoms with E-state index in [2.05, 4.69) is 34.0 Å². The van der Waals surface area contributed by atoms with Gasteiger partial charge in [-0.1, -0.05) is 24.3 Å². The fourth-order valence-electron chi connectivity index (χ4n) is 3.22. The van der Waals surface area contributed by atoms with Gasteiger partial charge >= 0.3 is 5.97 Å². The molecule has 0 saturated carbocycles. The van der Waals surface area contributed by atoms with Gasteiger partial charge in [0.1, 0.15) is 5.56 Å². The van der Waals surface area contributed by atoms with Crippen molar-refractivity contribution in [2.75, 3.05) is 18.0 Å². The molecule has 0 radical (unpaired) electrons. The number of carboxylic acid groups (broad SMARTS) is 1. The SMILES string of the molecule is Cc1ccccc1-c1nc(N2C[C@@H](C)N[C@@H](C)C2)ncc1C(=O)O. The van der Waals surface area contributed by atoms with Gasteiger partial charge in [0.25, 0.3) is 0 Å². The number of rotatable bonds is 3. The fourth-order valence-corrected chi connectivity index (χ4v) is 3.22. The maximum absolute atomic E-state index is 11.6. The highest BCUT2D eigenvalue weighted by Gasteiger charge is 2.25. The van der Waals surface area contributed by atoms with Crippen LogP contribution in [0.4, 0.5) is 5.95 Å². The van der Waals surface area contributed by atoms with Gasteiger partial charge in [-0.15, -0.1) is 0 Å². The number of benzene rings is 1. The molecule has 6 heteroatoms. The Balaban J connectivity index is 2.07. The number of hydrogen-bond acceptors (Lipinski definition) is 5. The van der Waals surface area contributed by atoms with Gasteiger partial charge in [0, 0.05) is 36.9 Å². The average molecular weight is 326 g/mol. The zero-order valence-corrected chi connectivity index (χ0v) is 14.2. The van der Waals surface area contributed by atoms with Gasteiger partial charge in [-0.2, -0.15) is 0 Å². The van der Waals surface area contributed by atoms with Crippen LogP contribution in [0.15, 0.2) is 30.5 Å². The van der Waals surface area contributed by atoms with Crippen LogP contribution >= 0.6 is 0 Å². The number of piperazine rings is 1. The maximum Gasteiger partial charge on any atom is 0.339 e. The van der Waals surface area contributed by atoms with Crippen molar-refractivity contribution in [2.45, 2.75) is 32.9 Å². The van der Waals surface area contributed by atoms with E-state index in [9.17, 15) is 9.90 Å². The summed E-state index contributed by atoms with van der Waals surface area (Å²) in [4.78, 5) is 22.6. The monoisotopic (exact) mass is 326 g/mol. The molecule has 1 aromatic carbocycles. The van der Waals surface area contributed by atoms with E-state index in [0.717, 1.165) is 24.2 Å². The molecule has 126 valence electrons. The zero-order chi connectivity index (χ0) is 17.3. The minimum Gasteiger partial charge on any atom is -0.478 e. The first-order valence-corrected chi connectivity index (χ1v) is 8.13. The molecule has 0 unspecified atom stereocenters. The smallest absolute Gasteiger partial charge is 0.339 e. The Bertz CT molecular complexity index is 752. The average Bonchev–Trinajstić information content (AvgIpc) is 2.53. The zero-order valence-electron chi connectivity index (χ0n) is 14.2. The molecule has 0 amide bonds. The Kier molecular flexibility index (Phi) is 4.49.